The first-order valence-corrected chi connectivity index (χ1v) is 7.12. The molecule has 84 valence electrons. The third-order valence-corrected chi connectivity index (χ3v) is 4.71. The third-order valence-electron chi connectivity index (χ3n) is 2.45. The zero-order valence-electron chi connectivity index (χ0n) is 8.29. The summed E-state index contributed by atoms with van der Waals surface area (Å²) in [4.78, 5) is 3.78. The summed E-state index contributed by atoms with van der Waals surface area (Å²) >= 11 is 11.1. The molecular formula is C10H13BrClNOS. The number of ether oxygens (including phenoxy) is 1. The molecule has 0 aliphatic carbocycles. The van der Waals surface area contributed by atoms with E-state index in [1.165, 1.54) is 9.35 Å². The molecule has 0 saturated carbocycles. The number of hydrogen-bond acceptors (Lipinski definition) is 3. The fraction of sp³-hybridized carbons (Fsp3) is 0.600. The molecule has 1 fully saturated rings. The molecule has 1 aromatic rings. The highest BCUT2D eigenvalue weighted by Gasteiger charge is 2.20. The van der Waals surface area contributed by atoms with Crippen LogP contribution in [0.3, 0.4) is 0 Å². The van der Waals surface area contributed by atoms with Gasteiger partial charge in [-0.25, -0.2) is 0 Å². The maximum Gasteiger partial charge on any atom is 0.0837 e. The van der Waals surface area contributed by atoms with E-state index >= 15 is 0 Å². The van der Waals surface area contributed by atoms with Gasteiger partial charge in [-0.1, -0.05) is 0 Å². The molecule has 0 N–H and O–H groups in total. The molecule has 5 heteroatoms. The lowest BCUT2D eigenvalue weighted by Crippen LogP contribution is -2.42. The average molecular weight is 311 g/mol. The lowest BCUT2D eigenvalue weighted by Gasteiger charge is -2.31. The molecule has 1 saturated heterocycles. The Morgan fingerprint density at radius 1 is 1.67 bits per heavy atom. The van der Waals surface area contributed by atoms with Crippen LogP contribution < -0.4 is 0 Å². The second-order valence-electron chi connectivity index (χ2n) is 3.57. The molecule has 1 aliphatic rings. The molecule has 0 radical (unpaired) electrons. The molecule has 0 aromatic carbocycles. The van der Waals surface area contributed by atoms with Crippen molar-refractivity contribution in [2.45, 2.75) is 12.6 Å². The zero-order valence-corrected chi connectivity index (χ0v) is 11.4. The first kappa shape index (κ1) is 11.9. The number of hydrogen-bond donors (Lipinski definition) is 0. The van der Waals surface area contributed by atoms with Crippen LogP contribution in [-0.4, -0.2) is 36.6 Å². The SMILES string of the molecule is ClCC1CN(Cc2sccc2Br)CCO1. The van der Waals surface area contributed by atoms with Crippen molar-refractivity contribution in [3.8, 4) is 0 Å². The molecule has 2 rings (SSSR count). The summed E-state index contributed by atoms with van der Waals surface area (Å²) in [6, 6.07) is 2.10. The molecule has 1 aliphatic heterocycles. The molecular weight excluding hydrogens is 298 g/mol. The normalized spacial score (nSPS) is 23.2. The number of alkyl halides is 1. The van der Waals surface area contributed by atoms with Crippen molar-refractivity contribution < 1.29 is 4.74 Å². The standard InChI is InChI=1S/C10H13BrClNOS/c11-9-1-4-15-10(9)7-13-2-3-14-8(5-12)6-13/h1,4,8H,2-3,5-7H2. The summed E-state index contributed by atoms with van der Waals surface area (Å²) in [7, 11) is 0. The van der Waals surface area contributed by atoms with Gasteiger partial charge in [-0.3, -0.25) is 4.90 Å². The monoisotopic (exact) mass is 309 g/mol. The van der Waals surface area contributed by atoms with Crippen LogP contribution >= 0.6 is 38.9 Å². The molecule has 0 spiro atoms. The quantitative estimate of drug-likeness (QED) is 0.796. The van der Waals surface area contributed by atoms with Gasteiger partial charge in [0.25, 0.3) is 0 Å². The smallest absolute Gasteiger partial charge is 0.0837 e. The Balaban J connectivity index is 1.92. The van der Waals surface area contributed by atoms with E-state index in [4.69, 9.17) is 16.3 Å². The van der Waals surface area contributed by atoms with Gasteiger partial charge in [0.1, 0.15) is 0 Å². The van der Waals surface area contributed by atoms with Crippen LogP contribution in [0.15, 0.2) is 15.9 Å². The van der Waals surface area contributed by atoms with Gasteiger partial charge in [0.05, 0.1) is 12.7 Å². The molecule has 15 heavy (non-hydrogen) atoms. The number of morpholine rings is 1. The van der Waals surface area contributed by atoms with E-state index in [0.29, 0.717) is 5.88 Å². The summed E-state index contributed by atoms with van der Waals surface area (Å²) in [5.41, 5.74) is 0. The topological polar surface area (TPSA) is 12.5 Å². The largest absolute Gasteiger partial charge is 0.374 e. The predicted octanol–water partition coefficient (Wildman–Crippen LogP) is 2.95. The average Bonchev–Trinajstić information content (AvgIpc) is 2.65. The van der Waals surface area contributed by atoms with Crippen molar-refractivity contribution in [3.63, 3.8) is 0 Å². The van der Waals surface area contributed by atoms with Crippen LogP contribution in [-0.2, 0) is 11.3 Å². The van der Waals surface area contributed by atoms with Crippen molar-refractivity contribution in [1.82, 2.24) is 4.90 Å². The summed E-state index contributed by atoms with van der Waals surface area (Å²) < 4.78 is 6.73. The van der Waals surface area contributed by atoms with Gasteiger partial charge in [0.15, 0.2) is 0 Å². The lowest BCUT2D eigenvalue weighted by atomic mass is 10.3. The number of halogens is 2. The fourth-order valence-corrected chi connectivity index (χ4v) is 3.36. The van der Waals surface area contributed by atoms with Crippen LogP contribution in [0.4, 0.5) is 0 Å². The van der Waals surface area contributed by atoms with Crippen molar-refractivity contribution in [1.29, 1.82) is 0 Å². The van der Waals surface area contributed by atoms with Crippen LogP contribution in [0.1, 0.15) is 4.88 Å². The summed E-state index contributed by atoms with van der Waals surface area (Å²) in [6.07, 6.45) is 0.194. The molecule has 0 bridgehead atoms. The second kappa shape index (κ2) is 5.64. The van der Waals surface area contributed by atoms with Gasteiger partial charge < -0.3 is 4.74 Å². The van der Waals surface area contributed by atoms with Gasteiger partial charge in [-0.05, 0) is 27.4 Å². The van der Waals surface area contributed by atoms with E-state index < -0.39 is 0 Å². The van der Waals surface area contributed by atoms with E-state index in [1.54, 1.807) is 11.3 Å². The molecule has 1 unspecified atom stereocenters. The van der Waals surface area contributed by atoms with Crippen LogP contribution in [0.25, 0.3) is 0 Å². The number of nitrogens with zero attached hydrogens (tertiary/aromatic N) is 1. The Labute approximate surface area is 107 Å². The maximum absolute atomic E-state index is 5.80. The van der Waals surface area contributed by atoms with E-state index in [1.807, 2.05) is 0 Å². The van der Waals surface area contributed by atoms with Crippen molar-refractivity contribution in [2.75, 3.05) is 25.6 Å². The highest BCUT2D eigenvalue weighted by Crippen LogP contribution is 2.24. The Morgan fingerprint density at radius 2 is 2.53 bits per heavy atom. The predicted molar refractivity (Wildman–Crippen MR) is 67.8 cm³/mol. The van der Waals surface area contributed by atoms with Crippen molar-refractivity contribution in [2.24, 2.45) is 0 Å². The summed E-state index contributed by atoms with van der Waals surface area (Å²) in [5, 5.41) is 2.11. The lowest BCUT2D eigenvalue weighted by molar-refractivity contribution is -0.0191. The second-order valence-corrected chi connectivity index (χ2v) is 5.74. The minimum atomic E-state index is 0.194. The number of rotatable bonds is 3. The van der Waals surface area contributed by atoms with Gasteiger partial charge in [0.2, 0.25) is 0 Å². The third kappa shape index (κ3) is 3.17. The fourth-order valence-electron chi connectivity index (χ4n) is 1.66. The van der Waals surface area contributed by atoms with Gasteiger partial charge in [-0.15, -0.1) is 22.9 Å². The molecule has 0 amide bonds. The van der Waals surface area contributed by atoms with E-state index in [-0.39, 0.29) is 6.10 Å². The van der Waals surface area contributed by atoms with Gasteiger partial charge in [-0.2, -0.15) is 0 Å². The van der Waals surface area contributed by atoms with Gasteiger partial charge in [0, 0.05) is 34.9 Å². The Morgan fingerprint density at radius 3 is 3.20 bits per heavy atom. The molecule has 2 heterocycles. The molecule has 1 aromatic heterocycles. The summed E-state index contributed by atoms with van der Waals surface area (Å²) in [5.74, 6) is 0.585. The van der Waals surface area contributed by atoms with E-state index in [2.05, 4.69) is 32.3 Å². The maximum atomic E-state index is 5.80. The minimum Gasteiger partial charge on any atom is -0.374 e. The Bertz CT molecular complexity index is 320. The zero-order chi connectivity index (χ0) is 10.7. The highest BCUT2D eigenvalue weighted by atomic mass is 79.9. The Hall–Kier alpha value is 0.390. The molecule has 2 nitrogen and oxygen atoms in total. The van der Waals surface area contributed by atoms with Crippen molar-refractivity contribution >= 4 is 38.9 Å². The minimum absolute atomic E-state index is 0.194. The van der Waals surface area contributed by atoms with Crippen LogP contribution in [0.2, 0.25) is 0 Å². The number of thiophene rings is 1. The van der Waals surface area contributed by atoms with Crippen LogP contribution in [0, 0.1) is 0 Å². The highest BCUT2D eigenvalue weighted by molar-refractivity contribution is 9.10. The molecule has 1 atom stereocenters. The van der Waals surface area contributed by atoms with Crippen LogP contribution in [0.5, 0.6) is 0 Å². The summed E-state index contributed by atoms with van der Waals surface area (Å²) in [6.45, 7) is 3.72. The van der Waals surface area contributed by atoms with Gasteiger partial charge >= 0.3 is 0 Å². The first-order valence-electron chi connectivity index (χ1n) is 4.91. The van der Waals surface area contributed by atoms with E-state index in [9.17, 15) is 0 Å². The van der Waals surface area contributed by atoms with Crippen molar-refractivity contribution in [3.05, 3.63) is 20.8 Å². The Kier molecular flexibility index (Phi) is 4.46. The van der Waals surface area contributed by atoms with E-state index in [0.717, 1.165) is 26.2 Å². The first-order chi connectivity index (χ1) is 7.29.